The zero-order valence-corrected chi connectivity index (χ0v) is 7.63. The summed E-state index contributed by atoms with van der Waals surface area (Å²) in [5.41, 5.74) is 0. The molecule has 3 nitrogen and oxygen atoms in total. The predicted molar refractivity (Wildman–Crippen MR) is 49.6 cm³/mol. The van der Waals surface area contributed by atoms with Crippen LogP contribution in [0.2, 0.25) is 0 Å². The van der Waals surface area contributed by atoms with Crippen molar-refractivity contribution in [1.29, 1.82) is 0 Å². The zero-order valence-electron chi connectivity index (χ0n) is 6.04. The number of hydrogen-bond donors (Lipinski definition) is 1. The maximum Gasteiger partial charge on any atom is 0.302 e. The molecule has 0 fully saturated rings. The Balaban J connectivity index is 2.63. The number of carbonyl (C=O) groups is 1. The number of pyridine rings is 1. The van der Waals surface area contributed by atoms with Gasteiger partial charge in [0.25, 0.3) is 0 Å². The highest BCUT2D eigenvalue weighted by molar-refractivity contribution is 9.12. The third kappa shape index (κ3) is 2.72. The second-order valence-corrected chi connectivity index (χ2v) is 2.29. The van der Waals surface area contributed by atoms with Crippen LogP contribution in [0.25, 0.3) is 0 Å². The molecule has 0 aliphatic heterocycles. The largest absolute Gasteiger partial charge is 0.302 e. The van der Waals surface area contributed by atoms with Gasteiger partial charge in [-0.3, -0.25) is 10.1 Å². The minimum atomic E-state index is -0.384. The Morgan fingerprint density at radius 3 is 3.00 bits per heavy atom. The first kappa shape index (κ1) is 8.75. The van der Waals surface area contributed by atoms with Crippen molar-refractivity contribution in [2.45, 2.75) is 0 Å². The Labute approximate surface area is 78.3 Å². The molecule has 60 valence electrons. The van der Waals surface area contributed by atoms with Gasteiger partial charge in [0, 0.05) is 28.0 Å². The van der Waals surface area contributed by atoms with Crippen LogP contribution in [0.1, 0.15) is 0 Å². The van der Waals surface area contributed by atoms with E-state index < -0.39 is 0 Å². The summed E-state index contributed by atoms with van der Waals surface area (Å²) in [5.74, 6) is 2.38. The van der Waals surface area contributed by atoms with Crippen molar-refractivity contribution >= 4 is 27.7 Å². The minimum Gasteiger partial charge on any atom is -0.300 e. The van der Waals surface area contributed by atoms with Gasteiger partial charge in [0.15, 0.2) is 0 Å². The molecule has 0 saturated heterocycles. The Hall–Kier alpha value is -1.34. The maximum absolute atomic E-state index is 10.9. The molecule has 0 atom stereocenters. The number of nitrogens with one attached hydrogen (secondary N) is 1. The van der Waals surface area contributed by atoms with Crippen LogP contribution in [0.4, 0.5) is 5.82 Å². The Bertz CT molecular complexity index is 326. The van der Waals surface area contributed by atoms with E-state index in [-0.39, 0.29) is 5.91 Å². The molecular formula is C8H5BrN2O. The number of halogens is 1. The molecule has 0 aromatic carbocycles. The van der Waals surface area contributed by atoms with Gasteiger partial charge < -0.3 is 0 Å². The minimum absolute atomic E-state index is 0.384. The molecule has 1 aromatic rings. The van der Waals surface area contributed by atoms with E-state index in [2.05, 4.69) is 37.0 Å². The molecule has 0 radical (unpaired) electrons. The van der Waals surface area contributed by atoms with Crippen LogP contribution in [-0.2, 0) is 4.79 Å². The van der Waals surface area contributed by atoms with E-state index >= 15 is 0 Å². The fourth-order valence-electron chi connectivity index (χ4n) is 0.627. The molecule has 0 unspecified atom stereocenters. The molecule has 1 amide bonds. The smallest absolute Gasteiger partial charge is 0.300 e. The standard InChI is InChI=1S/C8H5BrN2O/c9-5-4-8(12)11-7-3-1-2-6-10-7/h1-3,6H,(H,10,11,12). The van der Waals surface area contributed by atoms with Gasteiger partial charge in [0.2, 0.25) is 0 Å². The summed E-state index contributed by atoms with van der Waals surface area (Å²) >= 11 is 2.82. The zero-order chi connectivity index (χ0) is 8.81. The average molecular weight is 225 g/mol. The van der Waals surface area contributed by atoms with Crippen LogP contribution < -0.4 is 5.32 Å². The Morgan fingerprint density at radius 2 is 2.42 bits per heavy atom. The van der Waals surface area contributed by atoms with Gasteiger partial charge in [-0.05, 0) is 17.0 Å². The van der Waals surface area contributed by atoms with Crippen molar-refractivity contribution in [3.63, 3.8) is 0 Å². The van der Waals surface area contributed by atoms with Crippen LogP contribution in [0.5, 0.6) is 0 Å². The molecule has 0 spiro atoms. The van der Waals surface area contributed by atoms with Crippen LogP contribution >= 0.6 is 15.9 Å². The van der Waals surface area contributed by atoms with Gasteiger partial charge in [-0.15, -0.1) is 0 Å². The fourth-order valence-corrected chi connectivity index (χ4v) is 0.807. The van der Waals surface area contributed by atoms with E-state index in [1.165, 1.54) is 0 Å². The van der Waals surface area contributed by atoms with Gasteiger partial charge in [0.1, 0.15) is 5.82 Å². The second-order valence-electron chi connectivity index (χ2n) is 1.89. The number of carbonyl (C=O) groups excluding carboxylic acids is 1. The van der Waals surface area contributed by atoms with E-state index in [0.717, 1.165) is 0 Å². The van der Waals surface area contributed by atoms with E-state index in [1.54, 1.807) is 24.4 Å². The second kappa shape index (κ2) is 4.52. The SMILES string of the molecule is O=C(C#CBr)Nc1ccccn1. The van der Waals surface area contributed by atoms with E-state index in [4.69, 9.17) is 0 Å². The summed E-state index contributed by atoms with van der Waals surface area (Å²) in [5, 5.41) is 2.49. The van der Waals surface area contributed by atoms with Gasteiger partial charge >= 0.3 is 5.91 Å². The first-order chi connectivity index (χ1) is 5.83. The average Bonchev–Trinajstić information content (AvgIpc) is 2.06. The Morgan fingerprint density at radius 1 is 1.58 bits per heavy atom. The monoisotopic (exact) mass is 224 g/mol. The van der Waals surface area contributed by atoms with Crippen LogP contribution in [-0.4, -0.2) is 10.9 Å². The molecule has 1 rings (SSSR count). The molecule has 1 N–H and O–H groups in total. The lowest BCUT2D eigenvalue weighted by molar-refractivity contribution is -0.111. The lowest BCUT2D eigenvalue weighted by Crippen LogP contribution is -2.09. The first-order valence-electron chi connectivity index (χ1n) is 3.16. The maximum atomic E-state index is 10.9. The first-order valence-corrected chi connectivity index (χ1v) is 3.96. The molecular weight excluding hydrogens is 220 g/mol. The van der Waals surface area contributed by atoms with Gasteiger partial charge in [-0.2, -0.15) is 0 Å². The summed E-state index contributed by atoms with van der Waals surface area (Å²) in [6.07, 6.45) is 1.59. The van der Waals surface area contributed by atoms with Crippen LogP contribution in [0, 0.1) is 10.8 Å². The molecule has 0 bridgehead atoms. The molecule has 4 heteroatoms. The molecule has 1 heterocycles. The molecule has 0 aliphatic rings. The number of nitrogens with zero attached hydrogens (tertiary/aromatic N) is 1. The van der Waals surface area contributed by atoms with Crippen LogP contribution in [0.15, 0.2) is 24.4 Å². The van der Waals surface area contributed by atoms with Crippen LogP contribution in [0.3, 0.4) is 0 Å². The quantitative estimate of drug-likeness (QED) is 0.733. The lowest BCUT2D eigenvalue weighted by atomic mass is 10.4. The predicted octanol–water partition coefficient (Wildman–Crippen LogP) is 1.38. The highest BCUT2D eigenvalue weighted by Crippen LogP contribution is 1.98. The molecule has 0 aliphatic carbocycles. The summed E-state index contributed by atoms with van der Waals surface area (Å²) in [6.45, 7) is 0. The third-order valence-corrected chi connectivity index (χ3v) is 1.27. The fraction of sp³-hybridized carbons (Fsp3) is 0. The van der Waals surface area contributed by atoms with Gasteiger partial charge in [0.05, 0.1) is 0 Å². The van der Waals surface area contributed by atoms with Gasteiger partial charge in [-0.25, -0.2) is 4.98 Å². The molecule has 12 heavy (non-hydrogen) atoms. The third-order valence-electron chi connectivity index (χ3n) is 1.07. The lowest BCUT2D eigenvalue weighted by Gasteiger charge is -1.96. The van der Waals surface area contributed by atoms with Crippen molar-refractivity contribution in [3.8, 4) is 10.8 Å². The summed E-state index contributed by atoms with van der Waals surface area (Å²) in [6, 6.07) is 5.24. The summed E-state index contributed by atoms with van der Waals surface area (Å²) in [7, 11) is 0. The number of rotatable bonds is 1. The van der Waals surface area contributed by atoms with Crippen molar-refractivity contribution in [2.75, 3.05) is 5.32 Å². The van der Waals surface area contributed by atoms with Crippen molar-refractivity contribution in [3.05, 3.63) is 24.4 Å². The normalized spacial score (nSPS) is 8.08. The number of amides is 1. The van der Waals surface area contributed by atoms with E-state index in [0.29, 0.717) is 5.82 Å². The topological polar surface area (TPSA) is 42.0 Å². The number of hydrogen-bond acceptors (Lipinski definition) is 2. The number of anilines is 1. The van der Waals surface area contributed by atoms with E-state index in [1.807, 2.05) is 0 Å². The Kier molecular flexibility index (Phi) is 3.30. The molecule has 1 aromatic heterocycles. The highest BCUT2D eigenvalue weighted by Gasteiger charge is 1.95. The highest BCUT2D eigenvalue weighted by atomic mass is 79.9. The van der Waals surface area contributed by atoms with Crippen molar-refractivity contribution in [2.24, 2.45) is 0 Å². The van der Waals surface area contributed by atoms with Gasteiger partial charge in [-0.1, -0.05) is 6.07 Å². The van der Waals surface area contributed by atoms with E-state index in [9.17, 15) is 4.79 Å². The summed E-state index contributed by atoms with van der Waals surface area (Å²) in [4.78, 5) is 17.1. The summed E-state index contributed by atoms with van der Waals surface area (Å²) < 4.78 is 0. The van der Waals surface area contributed by atoms with Crippen molar-refractivity contribution in [1.82, 2.24) is 4.98 Å². The number of aromatic nitrogens is 1. The van der Waals surface area contributed by atoms with Crippen molar-refractivity contribution < 1.29 is 4.79 Å². The molecule has 0 saturated carbocycles.